The van der Waals surface area contributed by atoms with E-state index in [1.165, 1.54) is 17.5 Å². The van der Waals surface area contributed by atoms with Crippen molar-refractivity contribution in [3.05, 3.63) is 60.2 Å². The summed E-state index contributed by atoms with van der Waals surface area (Å²) in [6, 6.07) is 13.5. The van der Waals surface area contributed by atoms with Gasteiger partial charge >= 0.3 is 0 Å². The number of carbonyl (C=O) groups is 1. The molecule has 3 aromatic rings. The van der Waals surface area contributed by atoms with Crippen LogP contribution in [0, 0.1) is 0 Å². The van der Waals surface area contributed by atoms with Crippen molar-refractivity contribution in [2.75, 3.05) is 11.1 Å². The second-order valence-corrected chi connectivity index (χ2v) is 6.58. The third-order valence-corrected chi connectivity index (χ3v) is 4.86. The van der Waals surface area contributed by atoms with Crippen molar-refractivity contribution < 1.29 is 4.79 Å². The third-order valence-electron chi connectivity index (χ3n) is 3.89. The number of nitrogens with zero attached hydrogens (tertiary/aromatic N) is 4. The second kappa shape index (κ2) is 8.02. The van der Waals surface area contributed by atoms with Crippen molar-refractivity contribution in [2.24, 2.45) is 7.05 Å². The summed E-state index contributed by atoms with van der Waals surface area (Å²) in [6.45, 7) is 2.83. The lowest BCUT2D eigenvalue weighted by atomic mass is 10.3. The molecule has 0 saturated carbocycles. The maximum Gasteiger partial charge on any atom is 0.234 e. The molecular weight excluding hydrogens is 334 g/mol. The third kappa shape index (κ3) is 4.30. The highest BCUT2D eigenvalue weighted by molar-refractivity contribution is 7.99. The summed E-state index contributed by atoms with van der Waals surface area (Å²) in [5, 5.41) is 12.2. The largest absolute Gasteiger partial charge is 0.354 e. The minimum Gasteiger partial charge on any atom is -0.354 e. The smallest absolute Gasteiger partial charge is 0.234 e. The van der Waals surface area contributed by atoms with E-state index >= 15 is 0 Å². The lowest BCUT2D eigenvalue weighted by Crippen LogP contribution is -2.14. The number of thioether (sulfide) groups is 1. The summed E-state index contributed by atoms with van der Waals surface area (Å²) in [4.78, 5) is 12.1. The normalized spacial score (nSPS) is 10.8. The predicted molar refractivity (Wildman–Crippen MR) is 99.7 cm³/mol. The van der Waals surface area contributed by atoms with E-state index in [1.54, 1.807) is 0 Å². The Bertz CT molecular complexity index is 840. The van der Waals surface area contributed by atoms with E-state index in [9.17, 15) is 4.79 Å². The SMILES string of the molecule is CCn1c(Cc2cccn2C)nnc1SCC(=O)Nc1ccccc1. The Hall–Kier alpha value is -2.54. The zero-order valence-electron chi connectivity index (χ0n) is 14.3. The molecule has 2 aromatic heterocycles. The van der Waals surface area contributed by atoms with E-state index in [2.05, 4.69) is 37.6 Å². The summed E-state index contributed by atoms with van der Waals surface area (Å²) in [5.74, 6) is 1.16. The highest BCUT2D eigenvalue weighted by atomic mass is 32.2. The molecule has 0 bridgehead atoms. The van der Waals surface area contributed by atoms with Gasteiger partial charge in [0.1, 0.15) is 5.82 Å². The number of hydrogen-bond donors (Lipinski definition) is 1. The molecule has 1 N–H and O–H groups in total. The standard InChI is InChI=1S/C18H21N5OS/c1-3-23-16(12-15-10-7-11-22(15)2)20-21-18(23)25-13-17(24)19-14-8-5-4-6-9-14/h4-11H,3,12-13H2,1-2H3,(H,19,24). The van der Waals surface area contributed by atoms with Crippen LogP contribution in [0.3, 0.4) is 0 Å². The number of carbonyl (C=O) groups excluding carboxylic acids is 1. The van der Waals surface area contributed by atoms with Gasteiger partial charge in [-0.1, -0.05) is 30.0 Å². The van der Waals surface area contributed by atoms with Gasteiger partial charge in [-0.05, 0) is 31.2 Å². The van der Waals surface area contributed by atoms with Gasteiger partial charge < -0.3 is 14.5 Å². The molecule has 0 aliphatic heterocycles. The van der Waals surface area contributed by atoms with E-state index in [1.807, 2.05) is 49.6 Å². The van der Waals surface area contributed by atoms with Gasteiger partial charge in [0, 0.05) is 37.6 Å². The Kier molecular flexibility index (Phi) is 5.55. The van der Waals surface area contributed by atoms with E-state index in [0.29, 0.717) is 5.75 Å². The Morgan fingerprint density at radius 3 is 2.64 bits per heavy atom. The van der Waals surface area contributed by atoms with Crippen molar-refractivity contribution in [2.45, 2.75) is 25.0 Å². The van der Waals surface area contributed by atoms with Gasteiger partial charge in [-0.3, -0.25) is 4.79 Å². The molecule has 0 atom stereocenters. The number of hydrogen-bond acceptors (Lipinski definition) is 4. The molecule has 0 aliphatic rings. The fraction of sp³-hybridized carbons (Fsp3) is 0.278. The van der Waals surface area contributed by atoms with E-state index in [0.717, 1.165) is 29.6 Å². The Balaban J connectivity index is 1.63. The highest BCUT2D eigenvalue weighted by Crippen LogP contribution is 2.19. The van der Waals surface area contributed by atoms with Crippen molar-refractivity contribution in [1.82, 2.24) is 19.3 Å². The summed E-state index contributed by atoms with van der Waals surface area (Å²) in [5.41, 5.74) is 1.98. The second-order valence-electron chi connectivity index (χ2n) is 5.63. The summed E-state index contributed by atoms with van der Waals surface area (Å²) < 4.78 is 4.14. The fourth-order valence-corrected chi connectivity index (χ4v) is 3.39. The van der Waals surface area contributed by atoms with E-state index < -0.39 is 0 Å². The topological polar surface area (TPSA) is 64.7 Å². The summed E-state index contributed by atoms with van der Waals surface area (Å²) >= 11 is 1.41. The number of para-hydroxylation sites is 1. The molecule has 2 heterocycles. The minimum absolute atomic E-state index is 0.0502. The Morgan fingerprint density at radius 1 is 1.16 bits per heavy atom. The van der Waals surface area contributed by atoms with Crippen LogP contribution in [0.25, 0.3) is 0 Å². The van der Waals surface area contributed by atoms with Crippen LogP contribution in [0.5, 0.6) is 0 Å². The maximum absolute atomic E-state index is 12.1. The number of amides is 1. The first-order valence-electron chi connectivity index (χ1n) is 8.17. The molecule has 0 aliphatic carbocycles. The summed E-state index contributed by atoms with van der Waals surface area (Å²) in [7, 11) is 2.02. The van der Waals surface area contributed by atoms with Crippen molar-refractivity contribution in [1.29, 1.82) is 0 Å². The van der Waals surface area contributed by atoms with Gasteiger partial charge in [-0.2, -0.15) is 0 Å². The first-order chi connectivity index (χ1) is 12.2. The van der Waals surface area contributed by atoms with Gasteiger partial charge in [-0.15, -0.1) is 10.2 Å². The molecule has 130 valence electrons. The zero-order chi connectivity index (χ0) is 17.6. The van der Waals surface area contributed by atoms with Crippen LogP contribution in [-0.4, -0.2) is 31.0 Å². The fourth-order valence-electron chi connectivity index (χ4n) is 2.56. The molecule has 0 spiro atoms. The number of anilines is 1. The molecule has 0 unspecified atom stereocenters. The Morgan fingerprint density at radius 2 is 1.96 bits per heavy atom. The highest BCUT2D eigenvalue weighted by Gasteiger charge is 2.14. The van der Waals surface area contributed by atoms with Crippen LogP contribution in [0.15, 0.2) is 53.8 Å². The number of aryl methyl sites for hydroxylation is 1. The number of aromatic nitrogens is 4. The molecule has 6 nitrogen and oxygen atoms in total. The molecule has 25 heavy (non-hydrogen) atoms. The number of nitrogens with one attached hydrogen (secondary N) is 1. The average molecular weight is 355 g/mol. The molecule has 0 radical (unpaired) electrons. The summed E-state index contributed by atoms with van der Waals surface area (Å²) in [6.07, 6.45) is 2.74. The van der Waals surface area contributed by atoms with Gasteiger partial charge in [0.05, 0.1) is 5.75 Å². The van der Waals surface area contributed by atoms with Crippen LogP contribution in [0.2, 0.25) is 0 Å². The van der Waals surface area contributed by atoms with Gasteiger partial charge in [0.2, 0.25) is 5.91 Å². The van der Waals surface area contributed by atoms with Gasteiger partial charge in [0.15, 0.2) is 5.16 Å². The molecule has 0 saturated heterocycles. The Labute approximate surface area is 151 Å². The molecule has 1 amide bonds. The van der Waals surface area contributed by atoms with E-state index in [4.69, 9.17) is 0 Å². The molecule has 1 aromatic carbocycles. The molecule has 7 heteroatoms. The minimum atomic E-state index is -0.0502. The maximum atomic E-state index is 12.1. The van der Waals surface area contributed by atoms with Crippen molar-refractivity contribution >= 4 is 23.4 Å². The van der Waals surface area contributed by atoms with Crippen LogP contribution in [0.4, 0.5) is 5.69 Å². The number of rotatable bonds is 7. The lowest BCUT2D eigenvalue weighted by molar-refractivity contribution is -0.113. The lowest BCUT2D eigenvalue weighted by Gasteiger charge is -2.08. The molecular formula is C18H21N5OS. The van der Waals surface area contributed by atoms with Crippen LogP contribution < -0.4 is 5.32 Å². The van der Waals surface area contributed by atoms with Crippen LogP contribution in [0.1, 0.15) is 18.4 Å². The average Bonchev–Trinajstić information content (AvgIpc) is 3.20. The van der Waals surface area contributed by atoms with Gasteiger partial charge in [-0.25, -0.2) is 0 Å². The van der Waals surface area contributed by atoms with Crippen molar-refractivity contribution in [3.8, 4) is 0 Å². The molecule has 3 rings (SSSR count). The van der Waals surface area contributed by atoms with E-state index in [-0.39, 0.29) is 5.91 Å². The first kappa shape index (κ1) is 17.3. The van der Waals surface area contributed by atoms with Gasteiger partial charge in [0.25, 0.3) is 0 Å². The zero-order valence-corrected chi connectivity index (χ0v) is 15.2. The predicted octanol–water partition coefficient (Wildman–Crippen LogP) is 2.96. The van der Waals surface area contributed by atoms with Crippen LogP contribution in [-0.2, 0) is 24.8 Å². The first-order valence-corrected chi connectivity index (χ1v) is 9.16. The van der Waals surface area contributed by atoms with Crippen LogP contribution >= 0.6 is 11.8 Å². The quantitative estimate of drug-likeness (QED) is 0.662. The van der Waals surface area contributed by atoms with Crippen molar-refractivity contribution in [3.63, 3.8) is 0 Å². The number of benzene rings is 1. The monoisotopic (exact) mass is 355 g/mol. The molecule has 0 fully saturated rings.